The zero-order chi connectivity index (χ0) is 21.7. The number of amides is 1. The number of methoxy groups -OCH3 is 1. The van der Waals surface area contributed by atoms with Gasteiger partial charge in [-0.2, -0.15) is 0 Å². The van der Waals surface area contributed by atoms with Crippen molar-refractivity contribution < 1.29 is 9.53 Å². The molecule has 0 aliphatic rings. The Morgan fingerprint density at radius 1 is 1.23 bits per heavy atom. The first kappa shape index (κ1) is 22.5. The molecule has 158 valence electrons. The molecule has 0 radical (unpaired) electrons. The molecule has 1 amide bonds. The van der Waals surface area contributed by atoms with Gasteiger partial charge in [0.25, 0.3) is 0 Å². The van der Waals surface area contributed by atoms with E-state index in [1.165, 1.54) is 11.8 Å². The van der Waals surface area contributed by atoms with Crippen LogP contribution in [-0.4, -0.2) is 27.8 Å². The van der Waals surface area contributed by atoms with Crippen molar-refractivity contribution in [3.05, 3.63) is 63.9 Å². The summed E-state index contributed by atoms with van der Waals surface area (Å²) in [6.07, 6.45) is 0.383. The molecule has 30 heavy (non-hydrogen) atoms. The van der Waals surface area contributed by atoms with Crippen LogP contribution in [0.2, 0.25) is 10.0 Å². The van der Waals surface area contributed by atoms with Crippen LogP contribution in [0, 0.1) is 0 Å². The van der Waals surface area contributed by atoms with Crippen LogP contribution in [0.15, 0.2) is 47.6 Å². The lowest BCUT2D eigenvalue weighted by Gasteiger charge is -2.17. The van der Waals surface area contributed by atoms with E-state index in [0.29, 0.717) is 38.9 Å². The number of rotatable bonds is 8. The summed E-state index contributed by atoms with van der Waals surface area (Å²) in [4.78, 5) is 11.9. The van der Waals surface area contributed by atoms with Crippen molar-refractivity contribution in [1.29, 1.82) is 0 Å². The fourth-order valence-corrected chi connectivity index (χ4v) is 4.12. The van der Waals surface area contributed by atoms with Crippen molar-refractivity contribution in [2.75, 3.05) is 7.11 Å². The van der Waals surface area contributed by atoms with E-state index in [1.807, 2.05) is 35.8 Å². The fourth-order valence-electron chi connectivity index (χ4n) is 2.86. The van der Waals surface area contributed by atoms with E-state index in [9.17, 15) is 4.79 Å². The summed E-state index contributed by atoms with van der Waals surface area (Å²) in [6.45, 7) is 3.67. The molecule has 1 aromatic heterocycles. The normalized spacial score (nSPS) is 11.9. The predicted octanol–water partition coefficient (Wildman–Crippen LogP) is 5.46. The monoisotopic (exact) mass is 464 g/mol. The van der Waals surface area contributed by atoms with Crippen molar-refractivity contribution in [3.8, 4) is 11.4 Å². The third kappa shape index (κ3) is 5.28. The summed E-state index contributed by atoms with van der Waals surface area (Å²) in [5.41, 5.74) is 1.75. The highest BCUT2D eigenvalue weighted by Crippen LogP contribution is 2.32. The maximum atomic E-state index is 11.9. The number of hydrogen-bond donors (Lipinski definition) is 1. The summed E-state index contributed by atoms with van der Waals surface area (Å²) in [7, 11) is 1.64. The molecule has 0 aliphatic heterocycles. The molecule has 9 heteroatoms. The Balaban J connectivity index is 1.98. The zero-order valence-corrected chi connectivity index (χ0v) is 19.2. The molecule has 0 spiro atoms. The average molecular weight is 465 g/mol. The molecule has 0 bridgehead atoms. The lowest BCUT2D eigenvalue weighted by Crippen LogP contribution is -2.27. The van der Waals surface area contributed by atoms with Gasteiger partial charge in [-0.3, -0.25) is 9.36 Å². The van der Waals surface area contributed by atoms with E-state index < -0.39 is 0 Å². The molecule has 0 aliphatic carbocycles. The van der Waals surface area contributed by atoms with E-state index >= 15 is 0 Å². The van der Waals surface area contributed by atoms with Gasteiger partial charge in [-0.15, -0.1) is 10.2 Å². The first-order valence-electron chi connectivity index (χ1n) is 9.38. The van der Waals surface area contributed by atoms with Gasteiger partial charge in [-0.1, -0.05) is 54.0 Å². The molecule has 1 heterocycles. The number of nitrogens with one attached hydrogen (secondary N) is 1. The van der Waals surface area contributed by atoms with Crippen LogP contribution in [0.3, 0.4) is 0 Å². The summed E-state index contributed by atoms with van der Waals surface area (Å²) < 4.78 is 7.14. The molecule has 1 atom stereocenters. The number of halogens is 2. The minimum Gasteiger partial charge on any atom is -0.497 e. The maximum absolute atomic E-state index is 11.9. The smallest absolute Gasteiger partial charge is 0.220 e. The van der Waals surface area contributed by atoms with E-state index in [2.05, 4.69) is 15.5 Å². The number of thioether (sulfide) groups is 1. The Morgan fingerprint density at radius 3 is 2.77 bits per heavy atom. The van der Waals surface area contributed by atoms with Crippen molar-refractivity contribution in [1.82, 2.24) is 20.1 Å². The Morgan fingerprint density at radius 2 is 2.03 bits per heavy atom. The largest absolute Gasteiger partial charge is 0.497 e. The van der Waals surface area contributed by atoms with Crippen molar-refractivity contribution in [2.24, 2.45) is 0 Å². The SMILES string of the molecule is CCC(=O)NC(C)c1nnc(SCc2cccc(OC)c2)n1-c1cc(Cl)ccc1Cl. The van der Waals surface area contributed by atoms with E-state index in [1.54, 1.807) is 32.2 Å². The fraction of sp³-hybridized carbons (Fsp3) is 0.286. The topological polar surface area (TPSA) is 69.0 Å². The molecular formula is C21H22Cl2N4O2S. The molecule has 3 aromatic rings. The number of carbonyl (C=O) groups excluding carboxylic acids is 1. The lowest BCUT2D eigenvalue weighted by molar-refractivity contribution is -0.121. The number of aromatic nitrogens is 3. The summed E-state index contributed by atoms with van der Waals surface area (Å²) in [5.74, 6) is 1.96. The summed E-state index contributed by atoms with van der Waals surface area (Å²) >= 11 is 14.2. The zero-order valence-electron chi connectivity index (χ0n) is 16.9. The second-order valence-electron chi connectivity index (χ2n) is 6.55. The molecule has 3 rings (SSSR count). The van der Waals surface area contributed by atoms with E-state index in [-0.39, 0.29) is 11.9 Å². The highest BCUT2D eigenvalue weighted by molar-refractivity contribution is 7.98. The van der Waals surface area contributed by atoms with Crippen LogP contribution in [0.5, 0.6) is 5.75 Å². The number of hydrogen-bond acceptors (Lipinski definition) is 5. The molecule has 0 saturated heterocycles. The van der Waals surface area contributed by atoms with Gasteiger partial charge >= 0.3 is 0 Å². The standard InChI is InChI=1S/C21H22Cl2N4O2S/c1-4-19(28)24-13(2)20-25-26-21(27(20)18-11-15(22)8-9-17(18)23)30-12-14-6-5-7-16(10-14)29-3/h5-11,13H,4,12H2,1-3H3,(H,24,28). The highest BCUT2D eigenvalue weighted by Gasteiger charge is 2.22. The Hall–Kier alpha value is -2.22. The van der Waals surface area contributed by atoms with Gasteiger partial charge < -0.3 is 10.1 Å². The number of carbonyl (C=O) groups is 1. The molecule has 1 N–H and O–H groups in total. The summed E-state index contributed by atoms with van der Waals surface area (Å²) in [6, 6.07) is 12.7. The van der Waals surface area contributed by atoms with Crippen molar-refractivity contribution in [2.45, 2.75) is 37.2 Å². The van der Waals surface area contributed by atoms with Crippen molar-refractivity contribution >= 4 is 40.9 Å². The Labute approximate surface area is 189 Å². The Bertz CT molecular complexity index is 1040. The van der Waals surface area contributed by atoms with Gasteiger partial charge in [-0.05, 0) is 42.8 Å². The Kier molecular flexibility index (Phi) is 7.64. The van der Waals surface area contributed by atoms with Crippen LogP contribution >= 0.6 is 35.0 Å². The van der Waals surface area contributed by atoms with Gasteiger partial charge in [0.1, 0.15) is 5.75 Å². The third-order valence-electron chi connectivity index (χ3n) is 4.40. The maximum Gasteiger partial charge on any atom is 0.220 e. The first-order chi connectivity index (χ1) is 14.4. The summed E-state index contributed by atoms with van der Waals surface area (Å²) in [5, 5.41) is 13.3. The minimum atomic E-state index is -0.355. The van der Waals surface area contributed by atoms with Crippen LogP contribution in [0.25, 0.3) is 5.69 Å². The number of ether oxygens (including phenoxy) is 1. The third-order valence-corrected chi connectivity index (χ3v) is 5.95. The molecule has 2 aromatic carbocycles. The first-order valence-corrected chi connectivity index (χ1v) is 11.1. The lowest BCUT2D eigenvalue weighted by atomic mass is 10.2. The molecule has 1 unspecified atom stereocenters. The quantitative estimate of drug-likeness (QED) is 0.448. The van der Waals surface area contributed by atoms with Crippen LogP contribution in [-0.2, 0) is 10.5 Å². The van der Waals surface area contributed by atoms with Crippen LogP contribution in [0.4, 0.5) is 0 Å². The van der Waals surface area contributed by atoms with E-state index in [0.717, 1.165) is 11.3 Å². The molecule has 6 nitrogen and oxygen atoms in total. The second-order valence-corrected chi connectivity index (χ2v) is 8.34. The molecule has 0 fully saturated rings. The predicted molar refractivity (Wildman–Crippen MR) is 121 cm³/mol. The van der Waals surface area contributed by atoms with Gasteiger partial charge in [0.2, 0.25) is 5.91 Å². The number of nitrogens with zero attached hydrogens (tertiary/aromatic N) is 3. The molecular weight excluding hydrogens is 443 g/mol. The highest BCUT2D eigenvalue weighted by atomic mass is 35.5. The van der Waals surface area contributed by atoms with Crippen LogP contribution in [0.1, 0.15) is 37.7 Å². The van der Waals surface area contributed by atoms with E-state index in [4.69, 9.17) is 27.9 Å². The van der Waals surface area contributed by atoms with Crippen LogP contribution < -0.4 is 10.1 Å². The number of benzene rings is 2. The average Bonchev–Trinajstić information content (AvgIpc) is 3.17. The van der Waals surface area contributed by atoms with Gasteiger partial charge in [0.15, 0.2) is 11.0 Å². The minimum absolute atomic E-state index is 0.0696. The van der Waals surface area contributed by atoms with Gasteiger partial charge in [0, 0.05) is 17.2 Å². The van der Waals surface area contributed by atoms with Crippen molar-refractivity contribution in [3.63, 3.8) is 0 Å². The second kappa shape index (κ2) is 10.2. The molecule has 0 saturated carbocycles. The van der Waals surface area contributed by atoms with Gasteiger partial charge in [-0.25, -0.2) is 0 Å². The van der Waals surface area contributed by atoms with Gasteiger partial charge in [0.05, 0.1) is 23.9 Å².